The maximum atomic E-state index is 13.4. The summed E-state index contributed by atoms with van der Waals surface area (Å²) in [5.41, 5.74) is 2.24. The number of sulfonamides is 1. The molecule has 4 heterocycles. The summed E-state index contributed by atoms with van der Waals surface area (Å²) in [6, 6.07) is 10.2. The van der Waals surface area contributed by atoms with Gasteiger partial charge in [-0.1, -0.05) is 6.07 Å². The second kappa shape index (κ2) is 6.39. The van der Waals surface area contributed by atoms with Crippen LogP contribution in [0.1, 0.15) is 36.7 Å². The van der Waals surface area contributed by atoms with Crippen LogP contribution in [0, 0.1) is 0 Å². The van der Waals surface area contributed by atoms with Crippen LogP contribution in [0.15, 0.2) is 47.5 Å². The average Bonchev–Trinajstić information content (AvgIpc) is 3.34. The van der Waals surface area contributed by atoms with E-state index < -0.39 is 10.0 Å². The zero-order valence-electron chi connectivity index (χ0n) is 15.1. The number of aryl methyl sites for hydroxylation is 1. The Kier molecular flexibility index (Phi) is 3.95. The van der Waals surface area contributed by atoms with Crippen molar-refractivity contribution in [2.45, 2.75) is 36.6 Å². The summed E-state index contributed by atoms with van der Waals surface area (Å²) in [5, 5.41) is 11.2. The van der Waals surface area contributed by atoms with Gasteiger partial charge in [0.25, 0.3) is 0 Å². The number of amides is 1. The van der Waals surface area contributed by atoms with Crippen LogP contribution in [0.3, 0.4) is 0 Å². The molecule has 8 nitrogen and oxygen atoms in total. The monoisotopic (exact) mass is 397 g/mol. The summed E-state index contributed by atoms with van der Waals surface area (Å²) in [4.78, 5) is 11.8. The van der Waals surface area contributed by atoms with E-state index in [1.165, 1.54) is 4.31 Å². The molecule has 1 saturated heterocycles. The van der Waals surface area contributed by atoms with Gasteiger partial charge in [0.2, 0.25) is 15.9 Å². The minimum Gasteiger partial charge on any atom is -0.326 e. The molecule has 0 spiro atoms. The van der Waals surface area contributed by atoms with Gasteiger partial charge in [0, 0.05) is 24.8 Å². The molecular formula is C19H19N5O3S. The Balaban J connectivity index is 1.53. The first-order valence-corrected chi connectivity index (χ1v) is 10.7. The lowest BCUT2D eigenvalue weighted by Crippen LogP contribution is -2.32. The predicted octanol–water partition coefficient (Wildman–Crippen LogP) is 2.14. The fourth-order valence-electron chi connectivity index (χ4n) is 4.03. The highest BCUT2D eigenvalue weighted by atomic mass is 32.2. The Morgan fingerprint density at radius 3 is 2.89 bits per heavy atom. The van der Waals surface area contributed by atoms with Crippen LogP contribution in [0.4, 0.5) is 5.69 Å². The van der Waals surface area contributed by atoms with E-state index >= 15 is 0 Å². The summed E-state index contributed by atoms with van der Waals surface area (Å²) in [6.45, 7) is 0.447. The number of nitrogens with zero attached hydrogens (tertiary/aromatic N) is 4. The third kappa shape index (κ3) is 2.70. The molecule has 1 atom stereocenters. The van der Waals surface area contributed by atoms with E-state index in [0.717, 1.165) is 12.0 Å². The molecule has 9 heteroatoms. The lowest BCUT2D eigenvalue weighted by molar-refractivity contribution is -0.116. The highest BCUT2D eigenvalue weighted by Gasteiger charge is 2.39. The van der Waals surface area contributed by atoms with Gasteiger partial charge in [0.1, 0.15) is 0 Å². The van der Waals surface area contributed by atoms with Crippen molar-refractivity contribution in [2.75, 3.05) is 11.9 Å². The van der Waals surface area contributed by atoms with E-state index in [1.807, 2.05) is 28.8 Å². The van der Waals surface area contributed by atoms with Gasteiger partial charge in [0.15, 0.2) is 11.5 Å². The molecular weight excluding hydrogens is 378 g/mol. The highest BCUT2D eigenvalue weighted by Crippen LogP contribution is 2.37. The molecule has 0 unspecified atom stereocenters. The lowest BCUT2D eigenvalue weighted by Gasteiger charge is -2.24. The predicted molar refractivity (Wildman–Crippen MR) is 102 cm³/mol. The van der Waals surface area contributed by atoms with E-state index in [-0.39, 0.29) is 16.8 Å². The second-order valence-electron chi connectivity index (χ2n) is 7.13. The Bertz CT molecular complexity index is 1190. The van der Waals surface area contributed by atoms with Crippen LogP contribution in [0.5, 0.6) is 0 Å². The quantitative estimate of drug-likeness (QED) is 0.730. The number of pyridine rings is 1. The van der Waals surface area contributed by atoms with Crippen LogP contribution in [-0.4, -0.2) is 39.8 Å². The number of nitrogens with one attached hydrogen (secondary N) is 1. The third-order valence-electron chi connectivity index (χ3n) is 5.42. The number of anilines is 1. The van der Waals surface area contributed by atoms with E-state index in [2.05, 4.69) is 15.5 Å². The number of rotatable bonds is 3. The lowest BCUT2D eigenvalue weighted by atomic mass is 10.0. The zero-order chi connectivity index (χ0) is 19.3. The topological polar surface area (TPSA) is 96.7 Å². The van der Waals surface area contributed by atoms with E-state index in [0.29, 0.717) is 43.0 Å². The second-order valence-corrected chi connectivity index (χ2v) is 9.02. The number of carbonyl (C=O) groups excluding carboxylic acids is 1. The van der Waals surface area contributed by atoms with E-state index in [4.69, 9.17) is 0 Å². The highest BCUT2D eigenvalue weighted by molar-refractivity contribution is 7.89. The third-order valence-corrected chi connectivity index (χ3v) is 7.32. The summed E-state index contributed by atoms with van der Waals surface area (Å²) in [5.74, 6) is 0.600. The summed E-state index contributed by atoms with van der Waals surface area (Å²) in [6.07, 6.45) is 4.25. The first-order chi connectivity index (χ1) is 13.5. The Morgan fingerprint density at radius 2 is 2.00 bits per heavy atom. The molecule has 144 valence electrons. The van der Waals surface area contributed by atoms with Gasteiger partial charge >= 0.3 is 0 Å². The molecule has 3 aromatic rings. The van der Waals surface area contributed by atoms with Crippen molar-refractivity contribution in [1.82, 2.24) is 18.9 Å². The van der Waals surface area contributed by atoms with Crippen molar-refractivity contribution < 1.29 is 13.2 Å². The fraction of sp³-hybridized carbons (Fsp3) is 0.316. The number of hydrogen-bond acceptors (Lipinski definition) is 5. The zero-order valence-corrected chi connectivity index (χ0v) is 15.9. The minimum atomic E-state index is -3.69. The van der Waals surface area contributed by atoms with Gasteiger partial charge in [-0.3, -0.25) is 9.20 Å². The van der Waals surface area contributed by atoms with Gasteiger partial charge in [-0.25, -0.2) is 8.42 Å². The Hall–Kier alpha value is -2.78. The van der Waals surface area contributed by atoms with Crippen LogP contribution in [-0.2, 0) is 21.2 Å². The maximum absolute atomic E-state index is 13.4. The summed E-state index contributed by atoms with van der Waals surface area (Å²) in [7, 11) is -3.69. The number of benzene rings is 1. The van der Waals surface area contributed by atoms with Gasteiger partial charge in [-0.05, 0) is 55.2 Å². The molecule has 2 aliphatic rings. The summed E-state index contributed by atoms with van der Waals surface area (Å²) < 4.78 is 30.2. The maximum Gasteiger partial charge on any atom is 0.243 e. The fourth-order valence-corrected chi connectivity index (χ4v) is 5.73. The average molecular weight is 397 g/mol. The molecule has 0 radical (unpaired) electrons. The van der Waals surface area contributed by atoms with Crippen molar-refractivity contribution in [3.63, 3.8) is 0 Å². The largest absolute Gasteiger partial charge is 0.326 e. The van der Waals surface area contributed by atoms with Crippen LogP contribution in [0.25, 0.3) is 5.65 Å². The molecule has 1 amide bonds. The molecule has 0 bridgehead atoms. The normalized spacial score (nSPS) is 20.3. The SMILES string of the molecule is O=C1CCc2cc(S(=O)(=O)N3CCC[C@H]3c3nnc4ccccn34)ccc2N1. The summed E-state index contributed by atoms with van der Waals surface area (Å²) >= 11 is 0. The number of hydrogen-bond donors (Lipinski definition) is 1. The van der Waals surface area contributed by atoms with Crippen LogP contribution >= 0.6 is 0 Å². The Morgan fingerprint density at radius 1 is 1.11 bits per heavy atom. The van der Waals surface area contributed by atoms with Gasteiger partial charge < -0.3 is 5.32 Å². The number of aromatic nitrogens is 3. The molecule has 1 N–H and O–H groups in total. The van der Waals surface area contributed by atoms with Crippen molar-refractivity contribution in [3.8, 4) is 0 Å². The molecule has 28 heavy (non-hydrogen) atoms. The smallest absolute Gasteiger partial charge is 0.243 e. The van der Waals surface area contributed by atoms with Gasteiger partial charge in [-0.2, -0.15) is 4.31 Å². The first kappa shape index (κ1) is 17.3. The Labute approximate surface area is 162 Å². The molecule has 1 aromatic carbocycles. The standard InChI is InChI=1S/C19H19N5O3S/c25-18-9-6-13-12-14(7-8-15(13)20-18)28(26,27)24-11-3-4-16(24)19-22-21-17-5-1-2-10-23(17)19/h1-2,5,7-8,10,12,16H,3-4,6,9,11H2,(H,20,25)/t16-/m0/s1. The van der Waals surface area contributed by atoms with E-state index in [1.54, 1.807) is 18.2 Å². The molecule has 2 aromatic heterocycles. The van der Waals surface area contributed by atoms with E-state index in [9.17, 15) is 13.2 Å². The molecule has 1 fully saturated rings. The van der Waals surface area contributed by atoms with Crippen LogP contribution < -0.4 is 5.32 Å². The number of fused-ring (bicyclic) bond motifs is 2. The van der Waals surface area contributed by atoms with Gasteiger partial charge in [-0.15, -0.1) is 10.2 Å². The van der Waals surface area contributed by atoms with Crippen LogP contribution in [0.2, 0.25) is 0 Å². The minimum absolute atomic E-state index is 0.0404. The molecule has 0 aliphatic carbocycles. The number of carbonyl (C=O) groups is 1. The van der Waals surface area contributed by atoms with Crippen molar-refractivity contribution in [2.24, 2.45) is 0 Å². The van der Waals surface area contributed by atoms with Crippen molar-refractivity contribution in [3.05, 3.63) is 54.0 Å². The molecule has 0 saturated carbocycles. The van der Waals surface area contributed by atoms with Gasteiger partial charge in [0.05, 0.1) is 10.9 Å². The van der Waals surface area contributed by atoms with Crippen molar-refractivity contribution >= 4 is 27.3 Å². The molecule has 2 aliphatic heterocycles. The first-order valence-electron chi connectivity index (χ1n) is 9.28. The van der Waals surface area contributed by atoms with Crippen molar-refractivity contribution in [1.29, 1.82) is 0 Å². The molecule has 5 rings (SSSR count).